The third kappa shape index (κ3) is 3.88. The second-order valence-electron chi connectivity index (χ2n) is 14.0. The van der Waals surface area contributed by atoms with Crippen molar-refractivity contribution in [3.05, 3.63) is 182 Å². The Balaban J connectivity index is 1.27. The summed E-state index contributed by atoms with van der Waals surface area (Å²) in [7, 11) is 0. The molecule has 0 aliphatic heterocycles. The van der Waals surface area contributed by atoms with Crippen LogP contribution < -0.4 is 0 Å². The fraction of sp³-hybridized carbons (Fsp3) is 0. The molecule has 0 amide bonds. The Labute approximate surface area is 304 Å². The smallest absolute Gasteiger partial charge is 0.135 e. The lowest BCUT2D eigenvalue weighted by Crippen LogP contribution is -1.99. The van der Waals surface area contributed by atoms with Gasteiger partial charge in [-0.05, 0) is 64.4 Å². The van der Waals surface area contributed by atoms with Crippen molar-refractivity contribution < 1.29 is 4.42 Å². The maximum atomic E-state index is 6.25. The lowest BCUT2D eigenvalue weighted by molar-refractivity contribution is 0.669. The molecule has 3 heterocycles. The molecule has 0 saturated heterocycles. The van der Waals surface area contributed by atoms with Gasteiger partial charge in [-0.15, -0.1) is 0 Å². The number of fused-ring (bicyclic) bond motifs is 12. The van der Waals surface area contributed by atoms with Gasteiger partial charge >= 0.3 is 0 Å². The highest BCUT2D eigenvalue weighted by molar-refractivity contribution is 6.28. The minimum Gasteiger partial charge on any atom is -0.456 e. The monoisotopic (exact) mass is 674 g/mol. The first kappa shape index (κ1) is 28.6. The molecule has 0 spiro atoms. The molecule has 0 unspecified atom stereocenters. The summed E-state index contributed by atoms with van der Waals surface area (Å²) in [6.07, 6.45) is 0. The molecule has 12 rings (SSSR count). The van der Waals surface area contributed by atoms with Gasteiger partial charge in [0, 0.05) is 48.8 Å². The average Bonchev–Trinajstić information content (AvgIpc) is 3.87. The van der Waals surface area contributed by atoms with Crippen molar-refractivity contribution in [3.8, 4) is 22.5 Å². The summed E-state index contributed by atoms with van der Waals surface area (Å²) in [6.45, 7) is 0. The molecule has 3 nitrogen and oxygen atoms in total. The zero-order chi connectivity index (χ0) is 34.6. The van der Waals surface area contributed by atoms with Crippen LogP contribution in [0.1, 0.15) is 0 Å². The van der Waals surface area contributed by atoms with Gasteiger partial charge in [-0.3, -0.25) is 0 Å². The highest BCUT2D eigenvalue weighted by atomic mass is 16.3. The molecular formula is C50H30N2O. The van der Waals surface area contributed by atoms with E-state index in [-0.39, 0.29) is 0 Å². The van der Waals surface area contributed by atoms with Crippen molar-refractivity contribution >= 4 is 87.1 Å². The number of aromatic nitrogens is 2. The Hall–Kier alpha value is -7.10. The molecule has 0 saturated carbocycles. The maximum absolute atomic E-state index is 6.25. The number of para-hydroxylation sites is 3. The summed E-state index contributed by atoms with van der Waals surface area (Å²) in [4.78, 5) is 0. The van der Waals surface area contributed by atoms with Crippen LogP contribution in [-0.2, 0) is 0 Å². The van der Waals surface area contributed by atoms with Gasteiger partial charge in [-0.2, -0.15) is 0 Å². The fourth-order valence-electron chi connectivity index (χ4n) is 9.13. The molecule has 0 N–H and O–H groups in total. The van der Waals surface area contributed by atoms with E-state index in [1.54, 1.807) is 0 Å². The van der Waals surface area contributed by atoms with Crippen LogP contribution in [0.3, 0.4) is 0 Å². The maximum Gasteiger partial charge on any atom is 0.135 e. The molecule has 53 heavy (non-hydrogen) atoms. The van der Waals surface area contributed by atoms with Gasteiger partial charge in [0.2, 0.25) is 0 Å². The molecule has 246 valence electrons. The van der Waals surface area contributed by atoms with Crippen molar-refractivity contribution in [2.75, 3.05) is 0 Å². The first-order valence-corrected chi connectivity index (χ1v) is 18.2. The van der Waals surface area contributed by atoms with Crippen LogP contribution >= 0.6 is 0 Å². The Morgan fingerprint density at radius 2 is 0.906 bits per heavy atom. The molecule has 3 aromatic heterocycles. The van der Waals surface area contributed by atoms with Crippen molar-refractivity contribution in [1.82, 2.24) is 9.13 Å². The van der Waals surface area contributed by atoms with E-state index in [0.29, 0.717) is 0 Å². The predicted octanol–water partition coefficient (Wildman–Crippen LogP) is 13.8. The Kier molecular flexibility index (Phi) is 5.77. The number of nitrogens with zero attached hydrogens (tertiary/aromatic N) is 2. The second-order valence-corrected chi connectivity index (χ2v) is 14.0. The molecular weight excluding hydrogens is 645 g/mol. The minimum atomic E-state index is 0.899. The summed E-state index contributed by atoms with van der Waals surface area (Å²) in [5.74, 6) is 0. The average molecular weight is 675 g/mol. The van der Waals surface area contributed by atoms with E-state index in [9.17, 15) is 0 Å². The molecule has 0 fully saturated rings. The van der Waals surface area contributed by atoms with Crippen LogP contribution in [0.4, 0.5) is 0 Å². The van der Waals surface area contributed by atoms with E-state index in [1.165, 1.54) is 82.0 Å². The molecule has 9 aromatic carbocycles. The van der Waals surface area contributed by atoms with Gasteiger partial charge in [-0.25, -0.2) is 0 Å². The lowest BCUT2D eigenvalue weighted by Gasteiger charge is -2.20. The number of furan rings is 1. The van der Waals surface area contributed by atoms with Crippen LogP contribution in [0.15, 0.2) is 186 Å². The third-order valence-electron chi connectivity index (χ3n) is 11.3. The van der Waals surface area contributed by atoms with Crippen molar-refractivity contribution in [3.63, 3.8) is 0 Å². The summed E-state index contributed by atoms with van der Waals surface area (Å²) in [6, 6.07) is 66.1. The van der Waals surface area contributed by atoms with Crippen LogP contribution in [0.5, 0.6) is 0 Å². The Morgan fingerprint density at radius 1 is 0.340 bits per heavy atom. The molecule has 0 aliphatic carbocycles. The quantitative estimate of drug-likeness (QED) is 0.171. The van der Waals surface area contributed by atoms with E-state index < -0.39 is 0 Å². The van der Waals surface area contributed by atoms with Crippen LogP contribution in [0.25, 0.3) is 110 Å². The molecule has 3 heteroatoms. The number of rotatable bonds is 3. The first-order valence-electron chi connectivity index (χ1n) is 18.2. The molecule has 0 bridgehead atoms. The zero-order valence-electron chi connectivity index (χ0n) is 28.6. The standard InChI is InChI=1S/C50H30N2O/c1-2-14-31(15-3-1)47-35-18-4-6-20-37(35)49(38-21-7-5-19-36(38)47)52-42-23-11-8-16-33(42)39-27-28-44-48(50(39)52)40-22-9-12-24-43(40)51(44)32-26-29-46-41(30-32)34-17-10-13-25-45(34)53-46/h1-30H. The summed E-state index contributed by atoms with van der Waals surface area (Å²) in [5.41, 5.74) is 11.4. The Bertz CT molecular complexity index is 3390. The van der Waals surface area contributed by atoms with Gasteiger partial charge in [0.1, 0.15) is 11.2 Å². The minimum absolute atomic E-state index is 0.899. The zero-order valence-corrected chi connectivity index (χ0v) is 28.6. The van der Waals surface area contributed by atoms with E-state index >= 15 is 0 Å². The largest absolute Gasteiger partial charge is 0.456 e. The second kappa shape index (κ2) is 10.7. The Morgan fingerprint density at radius 3 is 1.64 bits per heavy atom. The van der Waals surface area contributed by atoms with Gasteiger partial charge < -0.3 is 13.6 Å². The van der Waals surface area contributed by atoms with Crippen LogP contribution in [0.2, 0.25) is 0 Å². The SMILES string of the molecule is c1ccc(-c2c3ccccc3c(-n3c4ccccc4c4ccc5c(c6ccccc6n5-c5ccc6oc7ccccc7c6c5)c43)c3ccccc23)cc1. The normalized spacial score (nSPS) is 12.2. The summed E-state index contributed by atoms with van der Waals surface area (Å²) >= 11 is 0. The van der Waals surface area contributed by atoms with E-state index in [2.05, 4.69) is 179 Å². The topological polar surface area (TPSA) is 23.0 Å². The molecule has 12 aromatic rings. The summed E-state index contributed by atoms with van der Waals surface area (Å²) < 4.78 is 11.2. The third-order valence-corrected chi connectivity index (χ3v) is 11.3. The van der Waals surface area contributed by atoms with E-state index in [0.717, 1.165) is 27.6 Å². The molecule has 0 radical (unpaired) electrons. The number of benzene rings is 9. The van der Waals surface area contributed by atoms with Crippen molar-refractivity contribution in [2.24, 2.45) is 0 Å². The molecule has 0 atom stereocenters. The summed E-state index contributed by atoms with van der Waals surface area (Å²) in [5, 5.41) is 12.1. The number of hydrogen-bond donors (Lipinski definition) is 0. The van der Waals surface area contributed by atoms with Gasteiger partial charge in [-0.1, -0.05) is 140 Å². The van der Waals surface area contributed by atoms with Gasteiger partial charge in [0.25, 0.3) is 0 Å². The first-order chi connectivity index (χ1) is 26.3. The highest BCUT2D eigenvalue weighted by Crippen LogP contribution is 2.47. The van der Waals surface area contributed by atoms with E-state index in [1.807, 2.05) is 12.1 Å². The number of hydrogen-bond acceptors (Lipinski definition) is 1. The van der Waals surface area contributed by atoms with E-state index in [4.69, 9.17) is 4.42 Å². The highest BCUT2D eigenvalue weighted by Gasteiger charge is 2.24. The van der Waals surface area contributed by atoms with Gasteiger partial charge in [0.05, 0.1) is 27.8 Å². The van der Waals surface area contributed by atoms with Crippen LogP contribution in [0, 0.1) is 0 Å². The van der Waals surface area contributed by atoms with Crippen LogP contribution in [-0.4, -0.2) is 9.13 Å². The predicted molar refractivity (Wildman–Crippen MR) is 223 cm³/mol. The lowest BCUT2D eigenvalue weighted by atomic mass is 9.90. The van der Waals surface area contributed by atoms with Crippen molar-refractivity contribution in [2.45, 2.75) is 0 Å². The molecule has 0 aliphatic rings. The van der Waals surface area contributed by atoms with Gasteiger partial charge in [0.15, 0.2) is 0 Å². The fourth-order valence-corrected chi connectivity index (χ4v) is 9.13. The van der Waals surface area contributed by atoms with Crippen molar-refractivity contribution in [1.29, 1.82) is 0 Å².